The molecule has 1 fully saturated rings. The Balaban J connectivity index is 2.13. The van der Waals surface area contributed by atoms with Gasteiger partial charge < -0.3 is 14.4 Å². The van der Waals surface area contributed by atoms with E-state index in [1.807, 2.05) is 24.4 Å². The van der Waals surface area contributed by atoms with Gasteiger partial charge in [-0.2, -0.15) is 0 Å². The van der Waals surface area contributed by atoms with E-state index in [2.05, 4.69) is 25.8 Å². The average Bonchev–Trinajstić information content (AvgIpc) is 3.35. The third-order valence-electron chi connectivity index (χ3n) is 3.83. The van der Waals surface area contributed by atoms with Crippen LogP contribution in [0.15, 0.2) is 24.4 Å². The van der Waals surface area contributed by atoms with Crippen LogP contribution in [0, 0.1) is 0 Å². The largest absolute Gasteiger partial charge is 0.493 e. The number of alkyl halides is 1. The lowest BCUT2D eigenvalue weighted by Gasteiger charge is -2.24. The number of hydrogen-bond acceptors (Lipinski definition) is 4. The average molecular weight is 351 g/mol. The summed E-state index contributed by atoms with van der Waals surface area (Å²) in [6.07, 6.45) is 4.36. The molecule has 1 saturated carbocycles. The van der Waals surface area contributed by atoms with Gasteiger partial charge in [0.15, 0.2) is 11.5 Å². The van der Waals surface area contributed by atoms with E-state index < -0.39 is 0 Å². The molecule has 21 heavy (non-hydrogen) atoms. The molecule has 1 aliphatic rings. The van der Waals surface area contributed by atoms with Crippen LogP contribution in [0.1, 0.15) is 12.8 Å². The van der Waals surface area contributed by atoms with E-state index in [0.717, 1.165) is 40.0 Å². The molecule has 1 heterocycles. The number of methoxy groups -OCH3 is 2. The van der Waals surface area contributed by atoms with E-state index in [-0.39, 0.29) is 0 Å². The first-order valence-electron chi connectivity index (χ1n) is 7.12. The number of halogens is 1. The van der Waals surface area contributed by atoms with Crippen LogP contribution in [0.3, 0.4) is 0 Å². The van der Waals surface area contributed by atoms with Crippen molar-refractivity contribution in [3.05, 3.63) is 24.4 Å². The van der Waals surface area contributed by atoms with E-state index in [1.165, 1.54) is 12.8 Å². The molecule has 4 nitrogen and oxygen atoms in total. The highest BCUT2D eigenvalue weighted by molar-refractivity contribution is 9.09. The molecular formula is C16H19BrN2O2. The van der Waals surface area contributed by atoms with Crippen molar-refractivity contribution in [3.63, 3.8) is 0 Å². The van der Waals surface area contributed by atoms with Crippen molar-refractivity contribution in [2.45, 2.75) is 18.9 Å². The predicted octanol–water partition coefficient (Wildman–Crippen LogP) is 3.62. The van der Waals surface area contributed by atoms with Gasteiger partial charge in [-0.1, -0.05) is 15.9 Å². The van der Waals surface area contributed by atoms with Crippen molar-refractivity contribution in [1.29, 1.82) is 0 Å². The van der Waals surface area contributed by atoms with Crippen LogP contribution in [0.25, 0.3) is 10.8 Å². The van der Waals surface area contributed by atoms with Crippen molar-refractivity contribution >= 4 is 32.5 Å². The fourth-order valence-corrected chi connectivity index (χ4v) is 3.03. The van der Waals surface area contributed by atoms with Crippen LogP contribution >= 0.6 is 15.9 Å². The lowest BCUT2D eigenvalue weighted by Crippen LogP contribution is -2.28. The molecule has 3 rings (SSSR count). The molecule has 0 N–H and O–H groups in total. The molecule has 1 aromatic heterocycles. The molecule has 2 aromatic rings. The maximum atomic E-state index is 5.43. The Labute approximate surface area is 133 Å². The van der Waals surface area contributed by atoms with Crippen molar-refractivity contribution in [2.24, 2.45) is 0 Å². The van der Waals surface area contributed by atoms with Crippen molar-refractivity contribution < 1.29 is 9.47 Å². The molecular weight excluding hydrogens is 332 g/mol. The topological polar surface area (TPSA) is 34.6 Å². The monoisotopic (exact) mass is 350 g/mol. The third-order valence-corrected chi connectivity index (χ3v) is 4.19. The summed E-state index contributed by atoms with van der Waals surface area (Å²) >= 11 is 3.54. The standard InChI is InChI=1S/C16H19BrN2O2/c1-20-14-9-11-5-7-18-16(13(11)10-15(14)21-2)19(8-6-17)12-3-4-12/h5,7,9-10,12H,3-4,6,8H2,1-2H3. The van der Waals surface area contributed by atoms with Crippen molar-refractivity contribution in [3.8, 4) is 11.5 Å². The van der Waals surface area contributed by atoms with Gasteiger partial charge >= 0.3 is 0 Å². The first kappa shape index (κ1) is 14.4. The Morgan fingerprint density at radius 2 is 1.95 bits per heavy atom. The number of hydrogen-bond donors (Lipinski definition) is 0. The highest BCUT2D eigenvalue weighted by Crippen LogP contribution is 2.38. The predicted molar refractivity (Wildman–Crippen MR) is 89.0 cm³/mol. The number of benzene rings is 1. The van der Waals surface area contributed by atoms with E-state index >= 15 is 0 Å². The first-order chi connectivity index (χ1) is 10.3. The molecule has 0 spiro atoms. The molecule has 0 radical (unpaired) electrons. The molecule has 5 heteroatoms. The normalized spacial score (nSPS) is 14.2. The van der Waals surface area contributed by atoms with Gasteiger partial charge in [-0.05, 0) is 36.4 Å². The first-order valence-corrected chi connectivity index (χ1v) is 8.24. The van der Waals surface area contributed by atoms with Gasteiger partial charge in [-0.15, -0.1) is 0 Å². The summed E-state index contributed by atoms with van der Waals surface area (Å²) in [6.45, 7) is 0.963. The summed E-state index contributed by atoms with van der Waals surface area (Å²) in [7, 11) is 3.32. The van der Waals surface area contributed by atoms with Crippen LogP contribution in [0.4, 0.5) is 5.82 Å². The second-order valence-electron chi connectivity index (χ2n) is 5.18. The lowest BCUT2D eigenvalue weighted by molar-refractivity contribution is 0.356. The smallest absolute Gasteiger partial charge is 0.161 e. The molecule has 112 valence electrons. The minimum atomic E-state index is 0.619. The van der Waals surface area contributed by atoms with Crippen molar-refractivity contribution in [2.75, 3.05) is 31.0 Å². The van der Waals surface area contributed by atoms with Crippen LogP contribution in [0.5, 0.6) is 11.5 Å². The lowest BCUT2D eigenvalue weighted by atomic mass is 10.1. The minimum Gasteiger partial charge on any atom is -0.493 e. The Bertz CT molecular complexity index is 643. The second-order valence-corrected chi connectivity index (χ2v) is 5.97. The number of rotatable bonds is 6. The van der Waals surface area contributed by atoms with Crippen molar-refractivity contribution in [1.82, 2.24) is 4.98 Å². The molecule has 0 unspecified atom stereocenters. The highest BCUT2D eigenvalue weighted by Gasteiger charge is 2.30. The Hall–Kier alpha value is -1.49. The quantitative estimate of drug-likeness (QED) is 0.745. The van der Waals surface area contributed by atoms with Gasteiger partial charge in [-0.3, -0.25) is 0 Å². The zero-order valence-corrected chi connectivity index (χ0v) is 13.9. The van der Waals surface area contributed by atoms with Crippen LogP contribution in [-0.2, 0) is 0 Å². The van der Waals surface area contributed by atoms with Gasteiger partial charge in [0.25, 0.3) is 0 Å². The number of aromatic nitrogens is 1. The van der Waals surface area contributed by atoms with E-state index in [4.69, 9.17) is 9.47 Å². The van der Waals surface area contributed by atoms with Gasteiger partial charge in [0.2, 0.25) is 0 Å². The number of nitrogens with zero attached hydrogens (tertiary/aromatic N) is 2. The van der Waals surface area contributed by atoms with Crippen LogP contribution in [-0.4, -0.2) is 37.1 Å². The number of fused-ring (bicyclic) bond motifs is 1. The molecule has 1 aromatic carbocycles. The van der Waals surface area contributed by atoms with E-state index in [1.54, 1.807) is 14.2 Å². The fourth-order valence-electron chi connectivity index (χ4n) is 2.65. The molecule has 0 amide bonds. The second kappa shape index (κ2) is 6.10. The summed E-state index contributed by atoms with van der Waals surface area (Å²) in [5.41, 5.74) is 0. The van der Waals surface area contributed by atoms with E-state index in [0.29, 0.717) is 6.04 Å². The van der Waals surface area contributed by atoms with E-state index in [9.17, 15) is 0 Å². The summed E-state index contributed by atoms with van der Waals surface area (Å²) in [6, 6.07) is 6.67. The number of ether oxygens (including phenoxy) is 2. The maximum absolute atomic E-state index is 5.43. The zero-order valence-electron chi connectivity index (χ0n) is 12.3. The van der Waals surface area contributed by atoms with Crippen LogP contribution < -0.4 is 14.4 Å². The SMILES string of the molecule is COc1cc2ccnc(N(CCBr)C3CC3)c2cc1OC. The Kier molecular flexibility index (Phi) is 4.19. The Morgan fingerprint density at radius 3 is 2.57 bits per heavy atom. The fraction of sp³-hybridized carbons (Fsp3) is 0.438. The minimum absolute atomic E-state index is 0.619. The summed E-state index contributed by atoms with van der Waals surface area (Å²) in [5, 5.41) is 3.18. The number of anilines is 1. The molecule has 1 aliphatic carbocycles. The summed E-state index contributed by atoms with van der Waals surface area (Å²) in [5.74, 6) is 2.53. The molecule has 0 atom stereocenters. The number of pyridine rings is 1. The van der Waals surface area contributed by atoms with Crippen LogP contribution in [0.2, 0.25) is 0 Å². The van der Waals surface area contributed by atoms with Gasteiger partial charge in [-0.25, -0.2) is 4.98 Å². The van der Waals surface area contributed by atoms with Gasteiger partial charge in [0.1, 0.15) is 5.82 Å². The zero-order chi connectivity index (χ0) is 14.8. The van der Waals surface area contributed by atoms with Gasteiger partial charge in [0.05, 0.1) is 14.2 Å². The summed E-state index contributed by atoms with van der Waals surface area (Å²) in [4.78, 5) is 7.02. The maximum Gasteiger partial charge on any atom is 0.161 e. The van der Waals surface area contributed by atoms with Gasteiger partial charge in [0, 0.05) is 29.5 Å². The molecule has 0 saturated heterocycles. The molecule has 0 bridgehead atoms. The third kappa shape index (κ3) is 2.79. The summed E-state index contributed by atoms with van der Waals surface area (Å²) < 4.78 is 10.8. The highest BCUT2D eigenvalue weighted by atomic mass is 79.9. The Morgan fingerprint density at radius 1 is 1.24 bits per heavy atom. The molecule has 0 aliphatic heterocycles.